The number of esters is 1. The average molecular weight is 746 g/mol. The summed E-state index contributed by atoms with van der Waals surface area (Å²) in [7, 11) is -3.89. The van der Waals surface area contributed by atoms with Crippen molar-refractivity contribution in [2.24, 2.45) is 17.3 Å². The van der Waals surface area contributed by atoms with E-state index in [1.54, 1.807) is 32.9 Å². The molecule has 13 nitrogen and oxygen atoms in total. The van der Waals surface area contributed by atoms with E-state index in [0.717, 1.165) is 0 Å². The number of sulfonamides is 1. The molecule has 2 saturated carbocycles. The fraction of sp³-hybridized carbons (Fsp3) is 0.622. The maximum Gasteiger partial charge on any atom is 0.410 e. The van der Waals surface area contributed by atoms with E-state index >= 15 is 0 Å². The second-order valence-corrected chi connectivity index (χ2v) is 17.6. The minimum Gasteiger partial charge on any atom is -0.460 e. The number of hydrogen-bond donors (Lipinski definition) is 1. The van der Waals surface area contributed by atoms with Gasteiger partial charge in [0.2, 0.25) is 21.8 Å². The summed E-state index contributed by atoms with van der Waals surface area (Å²) in [6.07, 6.45) is -1.48. The molecular formula is C37H48FN3O10S. The number of halogens is 1. The van der Waals surface area contributed by atoms with Crippen molar-refractivity contribution in [1.82, 2.24) is 14.5 Å². The van der Waals surface area contributed by atoms with Crippen molar-refractivity contribution in [3.8, 4) is 0 Å². The van der Waals surface area contributed by atoms with Gasteiger partial charge >= 0.3 is 12.1 Å². The van der Waals surface area contributed by atoms with Crippen LogP contribution >= 0.6 is 0 Å². The molecule has 1 aromatic rings. The van der Waals surface area contributed by atoms with Gasteiger partial charge in [-0.2, -0.15) is 0 Å². The summed E-state index contributed by atoms with van der Waals surface area (Å²) in [4.78, 5) is 83.7. The van der Waals surface area contributed by atoms with Crippen molar-refractivity contribution in [2.45, 2.75) is 122 Å². The van der Waals surface area contributed by atoms with Gasteiger partial charge in [0.25, 0.3) is 0 Å². The SMILES string of the molecule is C=C(C)C(=O)C[C@H](CC(=O)OC(C)(C)C)C(=O)N1CC(OC(=O)N2Cc3cccc(F)c3C2)C[C@H]1C(=O)C[C@]1(C(=O)NS(=O)(=O)C2CC2)C[C@H]1CC. The number of carbonyl (C=O) groups is 6. The largest absolute Gasteiger partial charge is 0.460 e. The van der Waals surface area contributed by atoms with Crippen LogP contribution in [0.15, 0.2) is 30.4 Å². The van der Waals surface area contributed by atoms with Gasteiger partial charge in [0.15, 0.2) is 11.6 Å². The molecular weight excluding hydrogens is 697 g/mol. The molecule has 1 N–H and O–H groups in total. The number of hydrogen-bond acceptors (Lipinski definition) is 10. The molecule has 0 aromatic heterocycles. The van der Waals surface area contributed by atoms with Crippen LogP contribution in [0.1, 0.15) is 97.1 Å². The third-order valence-corrected chi connectivity index (χ3v) is 12.1. The number of rotatable bonds is 14. The van der Waals surface area contributed by atoms with Gasteiger partial charge in [-0.3, -0.25) is 33.6 Å². The molecule has 0 bridgehead atoms. The number of nitrogens with one attached hydrogen (secondary N) is 1. The molecule has 2 heterocycles. The van der Waals surface area contributed by atoms with Gasteiger partial charge in [-0.1, -0.05) is 32.1 Å². The first-order valence-electron chi connectivity index (χ1n) is 17.8. The van der Waals surface area contributed by atoms with Crippen molar-refractivity contribution in [3.05, 3.63) is 47.3 Å². The molecule has 3 fully saturated rings. The third kappa shape index (κ3) is 8.72. The molecule has 0 radical (unpaired) electrons. The lowest BCUT2D eigenvalue weighted by atomic mass is 9.90. The Kier molecular flexibility index (Phi) is 11.1. The molecule has 0 spiro atoms. The van der Waals surface area contributed by atoms with Crippen molar-refractivity contribution < 1.29 is 51.0 Å². The van der Waals surface area contributed by atoms with Crippen LogP contribution < -0.4 is 4.72 Å². The van der Waals surface area contributed by atoms with E-state index in [0.29, 0.717) is 30.4 Å². The normalized spacial score (nSPS) is 24.5. The second kappa shape index (κ2) is 14.7. The maximum absolute atomic E-state index is 14.4. The van der Waals surface area contributed by atoms with Gasteiger partial charge in [-0.25, -0.2) is 17.6 Å². The van der Waals surface area contributed by atoms with Crippen LogP contribution in [0, 0.1) is 23.1 Å². The third-order valence-electron chi connectivity index (χ3n) is 10.3. The van der Waals surface area contributed by atoms with Crippen molar-refractivity contribution in [3.63, 3.8) is 0 Å². The highest BCUT2D eigenvalue weighted by Crippen LogP contribution is 2.58. The highest BCUT2D eigenvalue weighted by Gasteiger charge is 2.61. The topological polar surface area (TPSA) is 174 Å². The van der Waals surface area contributed by atoms with Crippen molar-refractivity contribution in [1.29, 1.82) is 0 Å². The van der Waals surface area contributed by atoms with E-state index in [9.17, 15) is 41.6 Å². The summed E-state index contributed by atoms with van der Waals surface area (Å²) < 4.78 is 53.2. The monoisotopic (exact) mass is 745 g/mol. The lowest BCUT2D eigenvalue weighted by Crippen LogP contribution is -2.47. The zero-order chi connectivity index (χ0) is 38.3. The smallest absolute Gasteiger partial charge is 0.410 e. The number of benzene rings is 1. The summed E-state index contributed by atoms with van der Waals surface area (Å²) in [5.74, 6) is -5.18. The lowest BCUT2D eigenvalue weighted by Gasteiger charge is -2.29. The fourth-order valence-corrected chi connectivity index (χ4v) is 8.62. The van der Waals surface area contributed by atoms with Crippen LogP contribution in [-0.4, -0.2) is 83.2 Å². The van der Waals surface area contributed by atoms with Crippen LogP contribution in [0.2, 0.25) is 0 Å². The van der Waals surface area contributed by atoms with Gasteiger partial charge in [0.1, 0.15) is 17.5 Å². The minimum atomic E-state index is -3.89. The average Bonchev–Trinajstić information content (AvgIpc) is 3.94. The van der Waals surface area contributed by atoms with E-state index in [-0.39, 0.29) is 50.4 Å². The van der Waals surface area contributed by atoms with E-state index in [1.165, 1.54) is 22.8 Å². The van der Waals surface area contributed by atoms with Crippen LogP contribution in [0.25, 0.3) is 0 Å². The van der Waals surface area contributed by atoms with E-state index in [4.69, 9.17) is 9.47 Å². The molecule has 52 heavy (non-hydrogen) atoms. The van der Waals surface area contributed by atoms with Crippen LogP contribution in [0.5, 0.6) is 0 Å². The Balaban J connectivity index is 1.39. The molecule has 15 heteroatoms. The number of fused-ring (bicyclic) bond motifs is 1. The Bertz CT molecular complexity index is 1780. The second-order valence-electron chi connectivity index (χ2n) is 15.7. The first-order chi connectivity index (χ1) is 24.2. The molecule has 2 aliphatic carbocycles. The minimum absolute atomic E-state index is 0.0284. The maximum atomic E-state index is 14.4. The number of Topliss-reactive ketones (excluding diaryl/α,β-unsaturated/α-hetero) is 2. The summed E-state index contributed by atoms with van der Waals surface area (Å²) in [5.41, 5.74) is -1.02. The number of nitrogens with zero attached hydrogens (tertiary/aromatic N) is 2. The standard InChI is InChI=1S/C37H48FN3O10S/c1-7-24-16-37(24,34(46)39-52(48,49)26-11-12-26)17-31(43)29-15-25(50-35(47)40-18-22-9-8-10-28(38)27(22)20-40)19-41(29)33(45)23(13-30(42)21(2)3)14-32(44)51-36(4,5)6/h8-10,23-26,29H,2,7,11-20H2,1,3-6H3,(H,39,46)/t23-,24-,25?,29+,37-/m1/s1. The van der Waals surface area contributed by atoms with Gasteiger partial charge in [-0.05, 0) is 70.1 Å². The van der Waals surface area contributed by atoms with Crippen molar-refractivity contribution >= 4 is 45.5 Å². The highest BCUT2D eigenvalue weighted by atomic mass is 32.2. The van der Waals surface area contributed by atoms with E-state index < -0.39 is 98.5 Å². The van der Waals surface area contributed by atoms with Gasteiger partial charge in [-0.15, -0.1) is 0 Å². The first kappa shape index (κ1) is 39.1. The lowest BCUT2D eigenvalue weighted by molar-refractivity contribution is -0.159. The van der Waals surface area contributed by atoms with Gasteiger partial charge < -0.3 is 14.4 Å². The molecule has 1 aromatic carbocycles. The Morgan fingerprint density at radius 1 is 1.10 bits per heavy atom. The Morgan fingerprint density at radius 3 is 2.37 bits per heavy atom. The summed E-state index contributed by atoms with van der Waals surface area (Å²) in [6, 6.07) is 3.33. The molecule has 5 rings (SSSR count). The van der Waals surface area contributed by atoms with E-state index in [2.05, 4.69) is 11.3 Å². The molecule has 1 saturated heterocycles. The van der Waals surface area contributed by atoms with Crippen LogP contribution in [0.3, 0.4) is 0 Å². The number of allylic oxidation sites excluding steroid dienone is 1. The number of ether oxygens (including phenoxy) is 2. The quantitative estimate of drug-likeness (QED) is 0.216. The summed E-state index contributed by atoms with van der Waals surface area (Å²) >= 11 is 0. The van der Waals surface area contributed by atoms with Crippen LogP contribution in [0.4, 0.5) is 9.18 Å². The van der Waals surface area contributed by atoms with Gasteiger partial charge in [0.05, 0.1) is 42.1 Å². The van der Waals surface area contributed by atoms with E-state index in [1.807, 2.05) is 6.92 Å². The number of likely N-dealkylation sites (tertiary alicyclic amines) is 1. The molecule has 2 aliphatic heterocycles. The number of amides is 3. The fourth-order valence-electron chi connectivity index (χ4n) is 7.23. The zero-order valence-electron chi connectivity index (χ0n) is 30.4. The Hall–Kier alpha value is -4.14. The highest BCUT2D eigenvalue weighted by molar-refractivity contribution is 7.90. The van der Waals surface area contributed by atoms with Crippen LogP contribution in [-0.2, 0) is 56.6 Å². The Morgan fingerprint density at radius 2 is 1.79 bits per heavy atom. The van der Waals surface area contributed by atoms with Crippen molar-refractivity contribution in [2.75, 3.05) is 6.54 Å². The molecule has 3 amide bonds. The summed E-state index contributed by atoms with van der Waals surface area (Å²) in [6.45, 7) is 11.8. The molecule has 4 aliphatic rings. The first-order valence-corrected chi connectivity index (χ1v) is 19.3. The summed E-state index contributed by atoms with van der Waals surface area (Å²) in [5, 5.41) is -0.648. The predicted octanol–water partition coefficient (Wildman–Crippen LogP) is 4.11. The molecule has 5 atom stereocenters. The predicted molar refractivity (Wildman–Crippen MR) is 185 cm³/mol. The number of carbonyl (C=O) groups excluding carboxylic acids is 6. The Labute approximate surface area is 303 Å². The molecule has 284 valence electrons. The van der Waals surface area contributed by atoms with Gasteiger partial charge in [0, 0.05) is 31.4 Å². The zero-order valence-corrected chi connectivity index (χ0v) is 31.2. The number of ketones is 2. The molecule has 1 unspecified atom stereocenters.